The lowest BCUT2D eigenvalue weighted by Crippen LogP contribution is -2.27. The van der Waals surface area contributed by atoms with Gasteiger partial charge in [-0.3, -0.25) is 4.79 Å². The zero-order valence-corrected chi connectivity index (χ0v) is 16.9. The number of sulfonamides is 1. The molecule has 0 atom stereocenters. The van der Waals surface area contributed by atoms with Crippen molar-refractivity contribution >= 4 is 21.8 Å². The van der Waals surface area contributed by atoms with E-state index in [4.69, 9.17) is 4.74 Å². The smallest absolute Gasteiger partial charge is 0.338 e. The van der Waals surface area contributed by atoms with E-state index in [1.807, 2.05) is 12.1 Å². The molecule has 1 aliphatic heterocycles. The minimum absolute atomic E-state index is 0.172. The highest BCUT2D eigenvalue weighted by Gasteiger charge is 2.27. The molecule has 1 aliphatic carbocycles. The lowest BCUT2D eigenvalue weighted by atomic mass is 10.1. The van der Waals surface area contributed by atoms with Gasteiger partial charge in [-0.25, -0.2) is 13.2 Å². The van der Waals surface area contributed by atoms with Gasteiger partial charge >= 0.3 is 5.97 Å². The molecule has 0 N–H and O–H groups in total. The van der Waals surface area contributed by atoms with Gasteiger partial charge in [0.25, 0.3) is 0 Å². The molecule has 0 saturated carbocycles. The molecule has 4 rings (SSSR count). The molecule has 1 heterocycles. The molecule has 0 bridgehead atoms. The van der Waals surface area contributed by atoms with Crippen LogP contribution in [0.2, 0.25) is 0 Å². The molecule has 1 fully saturated rings. The Morgan fingerprint density at radius 3 is 2.24 bits per heavy atom. The van der Waals surface area contributed by atoms with Crippen LogP contribution in [0.15, 0.2) is 47.4 Å². The molecule has 0 aromatic heterocycles. The minimum Gasteiger partial charge on any atom is -0.454 e. The first-order valence-electron chi connectivity index (χ1n) is 9.87. The molecule has 1 saturated heterocycles. The van der Waals surface area contributed by atoms with Crippen LogP contribution in [0.25, 0.3) is 0 Å². The Kier molecular flexibility index (Phi) is 5.52. The summed E-state index contributed by atoms with van der Waals surface area (Å²) in [7, 11) is -3.51. The van der Waals surface area contributed by atoms with E-state index in [1.165, 1.54) is 39.7 Å². The lowest BCUT2D eigenvalue weighted by molar-refractivity contribution is 0.0474. The molecule has 29 heavy (non-hydrogen) atoms. The van der Waals surface area contributed by atoms with Gasteiger partial charge in [0.05, 0.1) is 10.5 Å². The number of nitrogens with zero attached hydrogens (tertiary/aromatic N) is 1. The van der Waals surface area contributed by atoms with Crippen molar-refractivity contribution in [3.8, 4) is 0 Å². The molecule has 0 amide bonds. The van der Waals surface area contributed by atoms with Crippen molar-refractivity contribution in [2.75, 3.05) is 19.7 Å². The van der Waals surface area contributed by atoms with E-state index in [-0.39, 0.29) is 17.3 Å². The number of benzene rings is 2. The van der Waals surface area contributed by atoms with Crippen molar-refractivity contribution in [2.45, 2.75) is 37.0 Å². The summed E-state index contributed by atoms with van der Waals surface area (Å²) in [5, 5.41) is 0. The molecule has 0 radical (unpaired) electrons. The van der Waals surface area contributed by atoms with Gasteiger partial charge in [-0.2, -0.15) is 4.31 Å². The number of carbonyl (C=O) groups excluding carboxylic acids is 2. The Hall–Kier alpha value is -2.51. The van der Waals surface area contributed by atoms with Crippen molar-refractivity contribution in [2.24, 2.45) is 0 Å². The molecule has 2 aromatic rings. The van der Waals surface area contributed by atoms with Gasteiger partial charge in [-0.05, 0) is 79.6 Å². The fourth-order valence-corrected chi connectivity index (χ4v) is 5.40. The van der Waals surface area contributed by atoms with Crippen LogP contribution in [0.3, 0.4) is 0 Å². The highest BCUT2D eigenvalue weighted by molar-refractivity contribution is 7.89. The summed E-state index contributed by atoms with van der Waals surface area (Å²) < 4.78 is 31.7. The van der Waals surface area contributed by atoms with Crippen LogP contribution in [0, 0.1) is 0 Å². The third-order valence-electron chi connectivity index (χ3n) is 5.55. The van der Waals surface area contributed by atoms with Crippen LogP contribution >= 0.6 is 0 Å². The highest BCUT2D eigenvalue weighted by Crippen LogP contribution is 2.23. The van der Waals surface area contributed by atoms with Gasteiger partial charge in [0.2, 0.25) is 10.0 Å². The van der Waals surface area contributed by atoms with Crippen LogP contribution in [-0.4, -0.2) is 44.2 Å². The quantitative estimate of drug-likeness (QED) is 0.537. The summed E-state index contributed by atoms with van der Waals surface area (Å²) in [6, 6.07) is 11.3. The normalized spacial score (nSPS) is 16.6. The minimum atomic E-state index is -3.51. The maximum atomic E-state index is 12.5. The molecule has 2 aromatic carbocycles. The summed E-state index contributed by atoms with van der Waals surface area (Å²) in [4.78, 5) is 24.8. The van der Waals surface area contributed by atoms with Crippen LogP contribution in [0.5, 0.6) is 0 Å². The van der Waals surface area contributed by atoms with E-state index in [9.17, 15) is 18.0 Å². The number of esters is 1. The molecule has 0 spiro atoms. The van der Waals surface area contributed by atoms with E-state index in [2.05, 4.69) is 0 Å². The van der Waals surface area contributed by atoms with E-state index < -0.39 is 16.0 Å². The molecule has 2 aliphatic rings. The average molecular weight is 413 g/mol. The number of hydrogen-bond donors (Lipinski definition) is 0. The molecule has 6 nitrogen and oxygen atoms in total. The third-order valence-corrected chi connectivity index (χ3v) is 7.46. The van der Waals surface area contributed by atoms with Crippen molar-refractivity contribution < 1.29 is 22.7 Å². The summed E-state index contributed by atoms with van der Waals surface area (Å²) in [6.07, 6.45) is 4.82. The van der Waals surface area contributed by atoms with Crippen LogP contribution in [-0.2, 0) is 27.6 Å². The van der Waals surface area contributed by atoms with Gasteiger partial charge in [0, 0.05) is 18.7 Å². The fourth-order valence-electron chi connectivity index (χ4n) is 3.89. The van der Waals surface area contributed by atoms with Gasteiger partial charge in [0.15, 0.2) is 12.4 Å². The first-order valence-corrected chi connectivity index (χ1v) is 11.3. The van der Waals surface area contributed by atoms with Crippen LogP contribution < -0.4 is 0 Å². The third kappa shape index (κ3) is 4.11. The number of hydrogen-bond acceptors (Lipinski definition) is 5. The maximum Gasteiger partial charge on any atom is 0.338 e. The Morgan fingerprint density at radius 1 is 0.862 bits per heavy atom. The molecule has 152 valence electrons. The van der Waals surface area contributed by atoms with Crippen LogP contribution in [0.1, 0.15) is 51.1 Å². The number of Topliss-reactive ketones (excluding diaryl/α,β-unsaturated/α-hetero) is 1. The largest absolute Gasteiger partial charge is 0.454 e. The van der Waals surface area contributed by atoms with Gasteiger partial charge in [-0.15, -0.1) is 0 Å². The predicted molar refractivity (Wildman–Crippen MR) is 108 cm³/mol. The van der Waals surface area contributed by atoms with Crippen molar-refractivity contribution in [3.63, 3.8) is 0 Å². The first kappa shape index (κ1) is 19.8. The molecular formula is C22H23NO5S. The van der Waals surface area contributed by atoms with Crippen molar-refractivity contribution in [3.05, 3.63) is 64.7 Å². The van der Waals surface area contributed by atoms with Crippen molar-refractivity contribution in [1.82, 2.24) is 4.31 Å². The number of carbonyl (C=O) groups is 2. The standard InChI is InChI=1S/C22H23NO5S/c24-21(15-28-22(25)19-7-6-16-4-3-5-18(16)14-19)17-8-10-20(11-9-17)29(26,27)23-12-1-2-13-23/h6-11,14H,1-5,12-13,15H2. The van der Waals surface area contributed by atoms with Crippen LogP contribution in [0.4, 0.5) is 0 Å². The number of rotatable bonds is 6. The molecular weight excluding hydrogens is 390 g/mol. The second kappa shape index (κ2) is 8.08. The van der Waals surface area contributed by atoms with Crippen molar-refractivity contribution in [1.29, 1.82) is 0 Å². The Morgan fingerprint density at radius 2 is 1.52 bits per heavy atom. The van der Waals surface area contributed by atoms with E-state index in [0.29, 0.717) is 24.2 Å². The summed E-state index contributed by atoms with van der Waals surface area (Å²) >= 11 is 0. The van der Waals surface area contributed by atoms with Gasteiger partial charge in [-0.1, -0.05) is 6.07 Å². The molecule has 0 unspecified atom stereocenters. The summed E-state index contributed by atoms with van der Waals surface area (Å²) in [5.74, 6) is -0.897. The number of ketones is 1. The zero-order chi connectivity index (χ0) is 20.4. The van der Waals surface area contributed by atoms with Gasteiger partial charge < -0.3 is 4.74 Å². The predicted octanol–water partition coefficient (Wildman–Crippen LogP) is 3.00. The monoisotopic (exact) mass is 413 g/mol. The maximum absolute atomic E-state index is 12.5. The first-order chi connectivity index (χ1) is 13.9. The zero-order valence-electron chi connectivity index (χ0n) is 16.1. The van der Waals surface area contributed by atoms with Gasteiger partial charge in [0.1, 0.15) is 0 Å². The fraction of sp³-hybridized carbons (Fsp3) is 0.364. The lowest BCUT2D eigenvalue weighted by Gasteiger charge is -2.15. The summed E-state index contributed by atoms with van der Waals surface area (Å²) in [5.41, 5.74) is 3.19. The Bertz CT molecular complexity index is 1040. The second-order valence-electron chi connectivity index (χ2n) is 7.47. The number of aryl methyl sites for hydroxylation is 2. The summed E-state index contributed by atoms with van der Waals surface area (Å²) in [6.45, 7) is 0.678. The second-order valence-corrected chi connectivity index (χ2v) is 9.41. The molecule has 7 heteroatoms. The number of fused-ring (bicyclic) bond motifs is 1. The SMILES string of the molecule is O=C(COC(=O)c1ccc2c(c1)CCC2)c1ccc(S(=O)(=O)N2CCCC2)cc1. The van der Waals surface area contributed by atoms with E-state index >= 15 is 0 Å². The topological polar surface area (TPSA) is 80.8 Å². The average Bonchev–Trinajstić information content (AvgIpc) is 3.43. The van der Waals surface area contributed by atoms with E-state index in [1.54, 1.807) is 6.07 Å². The Balaban J connectivity index is 1.38. The highest BCUT2D eigenvalue weighted by atomic mass is 32.2. The Labute approximate surface area is 170 Å². The van der Waals surface area contributed by atoms with E-state index in [0.717, 1.165) is 32.1 Å². The number of ether oxygens (including phenoxy) is 1.